The Balaban J connectivity index is 1.61. The fourth-order valence-corrected chi connectivity index (χ4v) is 2.82. The molecule has 154 valence electrons. The molecular formula is C23H22N2O5. The summed E-state index contributed by atoms with van der Waals surface area (Å²) in [5.41, 5.74) is 1.60. The van der Waals surface area contributed by atoms with E-state index in [1.54, 1.807) is 37.3 Å². The Kier molecular flexibility index (Phi) is 6.64. The highest BCUT2D eigenvalue weighted by atomic mass is 16.5. The van der Waals surface area contributed by atoms with Crippen molar-refractivity contribution >= 4 is 23.5 Å². The Morgan fingerprint density at radius 3 is 2.37 bits per heavy atom. The highest BCUT2D eigenvalue weighted by molar-refractivity contribution is 6.04. The quantitative estimate of drug-likeness (QED) is 0.581. The molecule has 0 saturated heterocycles. The SMILES string of the molecule is Cc1ccc(C(=O)OCC(=O)Nc2ccccc2C(=O)NC(C)c2ccccc2)o1. The number of anilines is 1. The molecule has 0 bridgehead atoms. The Bertz CT molecular complexity index is 1040. The summed E-state index contributed by atoms with van der Waals surface area (Å²) in [7, 11) is 0. The maximum absolute atomic E-state index is 12.7. The van der Waals surface area contributed by atoms with Gasteiger partial charge in [0, 0.05) is 0 Å². The van der Waals surface area contributed by atoms with Gasteiger partial charge in [-0.3, -0.25) is 9.59 Å². The van der Waals surface area contributed by atoms with Crippen LogP contribution in [-0.4, -0.2) is 24.4 Å². The Morgan fingerprint density at radius 2 is 1.67 bits per heavy atom. The van der Waals surface area contributed by atoms with E-state index in [0.29, 0.717) is 17.0 Å². The number of nitrogens with one attached hydrogen (secondary N) is 2. The monoisotopic (exact) mass is 406 g/mol. The van der Waals surface area contributed by atoms with E-state index >= 15 is 0 Å². The molecule has 0 radical (unpaired) electrons. The van der Waals surface area contributed by atoms with E-state index in [4.69, 9.17) is 9.15 Å². The first-order valence-electron chi connectivity index (χ1n) is 9.42. The molecule has 0 aliphatic rings. The largest absolute Gasteiger partial charge is 0.454 e. The molecular weight excluding hydrogens is 384 g/mol. The van der Waals surface area contributed by atoms with Gasteiger partial charge in [0.25, 0.3) is 11.8 Å². The van der Waals surface area contributed by atoms with Gasteiger partial charge in [0.1, 0.15) is 5.76 Å². The first kappa shape index (κ1) is 20.9. The summed E-state index contributed by atoms with van der Waals surface area (Å²) in [6.45, 7) is 3.07. The van der Waals surface area contributed by atoms with Crippen LogP contribution in [0, 0.1) is 6.92 Å². The Morgan fingerprint density at radius 1 is 0.967 bits per heavy atom. The first-order chi connectivity index (χ1) is 14.4. The number of rotatable bonds is 7. The molecule has 30 heavy (non-hydrogen) atoms. The molecule has 1 aromatic heterocycles. The average Bonchev–Trinajstić information content (AvgIpc) is 3.19. The topological polar surface area (TPSA) is 97.6 Å². The van der Waals surface area contributed by atoms with Crippen molar-refractivity contribution in [2.24, 2.45) is 0 Å². The first-order valence-corrected chi connectivity index (χ1v) is 9.42. The third kappa shape index (κ3) is 5.35. The molecule has 7 heteroatoms. The minimum Gasteiger partial charge on any atom is -0.454 e. The van der Waals surface area contributed by atoms with Gasteiger partial charge in [0.05, 0.1) is 17.3 Å². The fourth-order valence-electron chi connectivity index (χ4n) is 2.82. The molecule has 0 aliphatic carbocycles. The minimum absolute atomic E-state index is 0.0231. The highest BCUT2D eigenvalue weighted by Crippen LogP contribution is 2.18. The van der Waals surface area contributed by atoms with Crippen molar-refractivity contribution in [1.29, 1.82) is 0 Å². The van der Waals surface area contributed by atoms with Crippen LogP contribution in [0.25, 0.3) is 0 Å². The van der Waals surface area contributed by atoms with E-state index in [9.17, 15) is 14.4 Å². The number of carbonyl (C=O) groups is 3. The van der Waals surface area contributed by atoms with E-state index in [2.05, 4.69) is 10.6 Å². The molecule has 2 amide bonds. The van der Waals surface area contributed by atoms with Crippen molar-refractivity contribution in [3.63, 3.8) is 0 Å². The van der Waals surface area contributed by atoms with Crippen molar-refractivity contribution in [1.82, 2.24) is 5.32 Å². The lowest BCUT2D eigenvalue weighted by atomic mass is 10.1. The maximum Gasteiger partial charge on any atom is 0.374 e. The van der Waals surface area contributed by atoms with Crippen LogP contribution in [0.4, 0.5) is 5.69 Å². The molecule has 3 rings (SSSR count). The second-order valence-corrected chi connectivity index (χ2v) is 6.69. The minimum atomic E-state index is -0.735. The Labute approximate surface area is 174 Å². The van der Waals surface area contributed by atoms with E-state index in [1.807, 2.05) is 37.3 Å². The van der Waals surface area contributed by atoms with Crippen LogP contribution < -0.4 is 10.6 Å². The fraction of sp³-hybridized carbons (Fsp3) is 0.174. The van der Waals surface area contributed by atoms with Crippen molar-refractivity contribution in [3.05, 3.63) is 89.4 Å². The summed E-state index contributed by atoms with van der Waals surface area (Å²) >= 11 is 0. The molecule has 0 saturated carbocycles. The van der Waals surface area contributed by atoms with Crippen LogP contribution in [0.5, 0.6) is 0 Å². The molecule has 1 heterocycles. The third-order valence-electron chi connectivity index (χ3n) is 4.37. The molecule has 0 fully saturated rings. The molecule has 2 aromatic carbocycles. The molecule has 7 nitrogen and oxygen atoms in total. The van der Waals surface area contributed by atoms with Gasteiger partial charge in [-0.2, -0.15) is 0 Å². The number of hydrogen-bond donors (Lipinski definition) is 2. The summed E-state index contributed by atoms with van der Waals surface area (Å²) in [5.74, 6) is -1.04. The second-order valence-electron chi connectivity index (χ2n) is 6.69. The lowest BCUT2D eigenvalue weighted by Gasteiger charge is -2.16. The van der Waals surface area contributed by atoms with Gasteiger partial charge >= 0.3 is 5.97 Å². The van der Waals surface area contributed by atoms with Gasteiger partial charge in [-0.1, -0.05) is 42.5 Å². The number of ether oxygens (including phenoxy) is 1. The normalized spacial score (nSPS) is 11.4. The van der Waals surface area contributed by atoms with Crippen molar-refractivity contribution < 1.29 is 23.5 Å². The smallest absolute Gasteiger partial charge is 0.374 e. The van der Waals surface area contributed by atoms with Crippen LogP contribution in [0.2, 0.25) is 0 Å². The number of hydrogen-bond acceptors (Lipinski definition) is 5. The average molecular weight is 406 g/mol. The van der Waals surface area contributed by atoms with Crippen LogP contribution >= 0.6 is 0 Å². The molecule has 1 unspecified atom stereocenters. The van der Waals surface area contributed by atoms with Crippen LogP contribution in [0.15, 0.2) is 71.1 Å². The molecule has 1 atom stereocenters. The van der Waals surface area contributed by atoms with E-state index in [0.717, 1.165) is 5.56 Å². The molecule has 3 aromatic rings. The molecule has 2 N–H and O–H groups in total. The zero-order chi connectivity index (χ0) is 21.5. The summed E-state index contributed by atoms with van der Waals surface area (Å²) in [4.78, 5) is 36.8. The standard InChI is InChI=1S/C23H22N2O5/c1-15-12-13-20(30-15)23(28)29-14-21(26)25-19-11-7-6-10-18(19)22(27)24-16(2)17-8-4-3-5-9-17/h3-13,16H,14H2,1-2H3,(H,24,27)(H,25,26). The number of benzene rings is 2. The van der Waals surface area contributed by atoms with E-state index in [1.165, 1.54) is 6.07 Å². The van der Waals surface area contributed by atoms with Gasteiger partial charge < -0.3 is 19.8 Å². The van der Waals surface area contributed by atoms with Crippen LogP contribution in [-0.2, 0) is 9.53 Å². The number of carbonyl (C=O) groups excluding carboxylic acids is 3. The number of furan rings is 1. The van der Waals surface area contributed by atoms with E-state index < -0.39 is 18.5 Å². The second kappa shape index (κ2) is 9.56. The summed E-state index contributed by atoms with van der Waals surface area (Å²) in [6.07, 6.45) is 0. The lowest BCUT2D eigenvalue weighted by molar-refractivity contribution is -0.119. The number of amides is 2. The van der Waals surface area contributed by atoms with Gasteiger partial charge in [-0.05, 0) is 43.7 Å². The summed E-state index contributed by atoms with van der Waals surface area (Å²) in [6, 6.07) is 19.1. The number of para-hydroxylation sites is 1. The van der Waals surface area contributed by atoms with Crippen molar-refractivity contribution in [2.75, 3.05) is 11.9 Å². The van der Waals surface area contributed by atoms with Gasteiger partial charge in [0.2, 0.25) is 5.76 Å². The molecule has 0 spiro atoms. The zero-order valence-corrected chi connectivity index (χ0v) is 16.7. The molecule has 0 aliphatic heterocycles. The zero-order valence-electron chi connectivity index (χ0n) is 16.7. The lowest BCUT2D eigenvalue weighted by Crippen LogP contribution is -2.28. The van der Waals surface area contributed by atoms with Gasteiger partial charge in [0.15, 0.2) is 6.61 Å². The maximum atomic E-state index is 12.7. The summed E-state index contributed by atoms with van der Waals surface area (Å²) < 4.78 is 10.1. The van der Waals surface area contributed by atoms with Gasteiger partial charge in [-0.15, -0.1) is 0 Å². The summed E-state index contributed by atoms with van der Waals surface area (Å²) in [5, 5.41) is 5.52. The number of aryl methyl sites for hydroxylation is 1. The van der Waals surface area contributed by atoms with Crippen molar-refractivity contribution in [3.8, 4) is 0 Å². The Hall–Kier alpha value is -3.87. The van der Waals surface area contributed by atoms with Gasteiger partial charge in [-0.25, -0.2) is 4.79 Å². The third-order valence-corrected chi connectivity index (χ3v) is 4.37. The predicted molar refractivity (Wildman–Crippen MR) is 111 cm³/mol. The van der Waals surface area contributed by atoms with E-state index in [-0.39, 0.29) is 17.7 Å². The van der Waals surface area contributed by atoms with Crippen molar-refractivity contribution in [2.45, 2.75) is 19.9 Å². The number of esters is 1. The predicted octanol–water partition coefficient (Wildman–Crippen LogP) is 3.87. The van der Waals surface area contributed by atoms with Crippen LogP contribution in [0.3, 0.4) is 0 Å². The van der Waals surface area contributed by atoms with Crippen LogP contribution in [0.1, 0.15) is 45.2 Å². The highest BCUT2D eigenvalue weighted by Gasteiger charge is 2.17.